The lowest BCUT2D eigenvalue weighted by molar-refractivity contribution is -0.138. The summed E-state index contributed by atoms with van der Waals surface area (Å²) in [6.07, 6.45) is 25.9. The van der Waals surface area contributed by atoms with Crippen LogP contribution in [0.25, 0.3) is 0 Å². The van der Waals surface area contributed by atoms with Gasteiger partial charge in [0.05, 0.1) is 0 Å². The van der Waals surface area contributed by atoms with Crippen LogP contribution in [0, 0.1) is 5.92 Å². The number of hydrogen-bond acceptors (Lipinski definition) is 2. The summed E-state index contributed by atoms with van der Waals surface area (Å²) in [6.45, 7) is 6.64. The highest BCUT2D eigenvalue weighted by Gasteiger charge is 1.98. The van der Waals surface area contributed by atoms with Crippen molar-refractivity contribution >= 4 is 11.9 Å². The van der Waals surface area contributed by atoms with E-state index in [0.29, 0.717) is 12.8 Å². The largest absolute Gasteiger partial charge is 0.481 e. The van der Waals surface area contributed by atoms with Crippen LogP contribution in [0.4, 0.5) is 0 Å². The van der Waals surface area contributed by atoms with Crippen LogP contribution in [0.5, 0.6) is 0 Å². The fraction of sp³-hybridized carbons (Fsp3) is 0.852. The standard InChI is InChI=1S/C18H34O2.C9H18O2/c1-2-3-4-5-6-7-8-9-10-11-12-13-14-15-16-17-18(19)20;1-8(2)6-4-3-5-7-9(10)11/h9-10H,2-8,11-17H2,1H3,(H,19,20);8H,3-7H2,1-2H3,(H,10,11)/b10-9-;. The third-order valence-electron chi connectivity index (χ3n) is 5.32. The molecule has 0 aliphatic carbocycles. The van der Waals surface area contributed by atoms with E-state index >= 15 is 0 Å². The Labute approximate surface area is 192 Å². The summed E-state index contributed by atoms with van der Waals surface area (Å²) in [5, 5.41) is 16.8. The summed E-state index contributed by atoms with van der Waals surface area (Å²) in [4.78, 5) is 20.4. The molecule has 0 aliphatic rings. The highest BCUT2D eigenvalue weighted by atomic mass is 16.4. The second-order valence-corrected chi connectivity index (χ2v) is 9.11. The van der Waals surface area contributed by atoms with Gasteiger partial charge in [-0.3, -0.25) is 9.59 Å². The van der Waals surface area contributed by atoms with Gasteiger partial charge in [0, 0.05) is 12.8 Å². The van der Waals surface area contributed by atoms with Crippen molar-refractivity contribution in [1.82, 2.24) is 0 Å². The minimum atomic E-state index is -0.672. The molecule has 0 amide bonds. The maximum Gasteiger partial charge on any atom is 0.303 e. The van der Waals surface area contributed by atoms with Crippen molar-refractivity contribution in [3.8, 4) is 0 Å². The summed E-state index contributed by atoms with van der Waals surface area (Å²) in [5.74, 6) is -0.586. The number of carboxylic acid groups (broad SMARTS) is 2. The summed E-state index contributed by atoms with van der Waals surface area (Å²) < 4.78 is 0. The van der Waals surface area contributed by atoms with E-state index in [1.165, 1.54) is 83.5 Å². The first-order chi connectivity index (χ1) is 14.9. The topological polar surface area (TPSA) is 74.6 Å². The van der Waals surface area contributed by atoms with Crippen LogP contribution >= 0.6 is 0 Å². The van der Waals surface area contributed by atoms with Crippen LogP contribution < -0.4 is 0 Å². The number of unbranched alkanes of at least 4 members (excludes halogenated alkanes) is 13. The Morgan fingerprint density at radius 1 is 0.613 bits per heavy atom. The van der Waals surface area contributed by atoms with Gasteiger partial charge in [-0.1, -0.05) is 104 Å². The number of allylic oxidation sites excluding steroid dienone is 2. The van der Waals surface area contributed by atoms with Crippen LogP contribution in [0.3, 0.4) is 0 Å². The second kappa shape index (κ2) is 26.7. The number of hydrogen-bond donors (Lipinski definition) is 2. The molecule has 2 N–H and O–H groups in total. The summed E-state index contributed by atoms with van der Waals surface area (Å²) in [7, 11) is 0. The Balaban J connectivity index is 0. The molecule has 4 nitrogen and oxygen atoms in total. The van der Waals surface area contributed by atoms with Crippen molar-refractivity contribution in [2.75, 3.05) is 0 Å². The van der Waals surface area contributed by atoms with Crippen LogP contribution in [0.15, 0.2) is 12.2 Å². The highest BCUT2D eigenvalue weighted by molar-refractivity contribution is 5.66. The lowest BCUT2D eigenvalue weighted by Crippen LogP contribution is -1.94. The molecule has 31 heavy (non-hydrogen) atoms. The smallest absolute Gasteiger partial charge is 0.303 e. The Kier molecular flexibility index (Phi) is 27.5. The summed E-state index contributed by atoms with van der Waals surface area (Å²) in [5.41, 5.74) is 0. The van der Waals surface area contributed by atoms with E-state index < -0.39 is 11.9 Å². The normalized spacial score (nSPS) is 11.0. The third kappa shape index (κ3) is 36.4. The van der Waals surface area contributed by atoms with Gasteiger partial charge in [0.15, 0.2) is 0 Å². The van der Waals surface area contributed by atoms with Crippen LogP contribution in [0.1, 0.15) is 143 Å². The SMILES string of the molecule is CC(C)CCCCCC(=O)O.CCCCCCCC/C=C\CCCCCCCC(=O)O. The first kappa shape index (κ1) is 31.9. The van der Waals surface area contributed by atoms with E-state index in [9.17, 15) is 9.59 Å². The number of carboxylic acids is 2. The van der Waals surface area contributed by atoms with Gasteiger partial charge in [0.25, 0.3) is 0 Å². The maximum absolute atomic E-state index is 10.3. The van der Waals surface area contributed by atoms with Crippen molar-refractivity contribution in [2.24, 2.45) is 5.92 Å². The fourth-order valence-corrected chi connectivity index (χ4v) is 3.35. The molecule has 0 fully saturated rings. The summed E-state index contributed by atoms with van der Waals surface area (Å²) in [6, 6.07) is 0. The molecule has 0 aromatic heterocycles. The van der Waals surface area contributed by atoms with E-state index in [4.69, 9.17) is 10.2 Å². The number of carbonyl (C=O) groups is 2. The minimum Gasteiger partial charge on any atom is -0.481 e. The molecular formula is C27H52O4. The molecular weight excluding hydrogens is 388 g/mol. The monoisotopic (exact) mass is 440 g/mol. The Hall–Kier alpha value is -1.32. The van der Waals surface area contributed by atoms with Crippen LogP contribution in [0.2, 0.25) is 0 Å². The van der Waals surface area contributed by atoms with Gasteiger partial charge in [-0.25, -0.2) is 0 Å². The van der Waals surface area contributed by atoms with E-state index in [0.717, 1.165) is 31.6 Å². The maximum atomic E-state index is 10.3. The van der Waals surface area contributed by atoms with E-state index in [1.807, 2.05) is 0 Å². The van der Waals surface area contributed by atoms with Gasteiger partial charge in [-0.2, -0.15) is 0 Å². The van der Waals surface area contributed by atoms with E-state index in [1.54, 1.807) is 0 Å². The van der Waals surface area contributed by atoms with Crippen molar-refractivity contribution in [2.45, 2.75) is 143 Å². The molecule has 4 heteroatoms. The Bertz CT molecular complexity index is 415. The molecule has 184 valence electrons. The molecule has 0 aromatic carbocycles. The van der Waals surface area contributed by atoms with Gasteiger partial charge >= 0.3 is 11.9 Å². The predicted molar refractivity (Wildman–Crippen MR) is 133 cm³/mol. The minimum absolute atomic E-state index is 0.331. The molecule has 0 atom stereocenters. The van der Waals surface area contributed by atoms with Gasteiger partial charge in [0.1, 0.15) is 0 Å². The first-order valence-corrected chi connectivity index (χ1v) is 13.0. The van der Waals surface area contributed by atoms with Crippen molar-refractivity contribution in [3.63, 3.8) is 0 Å². The van der Waals surface area contributed by atoms with Gasteiger partial charge < -0.3 is 10.2 Å². The number of rotatable bonds is 21. The molecule has 0 heterocycles. The van der Waals surface area contributed by atoms with Crippen LogP contribution in [-0.4, -0.2) is 22.2 Å². The summed E-state index contributed by atoms with van der Waals surface area (Å²) >= 11 is 0. The van der Waals surface area contributed by atoms with E-state index in [-0.39, 0.29) is 0 Å². The Morgan fingerprint density at radius 3 is 1.42 bits per heavy atom. The molecule has 0 unspecified atom stereocenters. The average Bonchev–Trinajstić information content (AvgIpc) is 2.70. The molecule has 0 saturated heterocycles. The van der Waals surface area contributed by atoms with Gasteiger partial charge in [-0.15, -0.1) is 0 Å². The molecule has 0 saturated carbocycles. The molecule has 0 aliphatic heterocycles. The lowest BCUT2D eigenvalue weighted by atomic mass is 10.0. The average molecular weight is 441 g/mol. The lowest BCUT2D eigenvalue weighted by Gasteiger charge is -2.02. The van der Waals surface area contributed by atoms with E-state index in [2.05, 4.69) is 32.9 Å². The van der Waals surface area contributed by atoms with Gasteiger partial charge in [-0.05, 0) is 44.4 Å². The quantitative estimate of drug-likeness (QED) is 0.138. The molecule has 0 rings (SSSR count). The van der Waals surface area contributed by atoms with Gasteiger partial charge in [0.2, 0.25) is 0 Å². The molecule has 0 aromatic rings. The third-order valence-corrected chi connectivity index (χ3v) is 5.32. The molecule has 0 bridgehead atoms. The Morgan fingerprint density at radius 2 is 1.00 bits per heavy atom. The zero-order chi connectivity index (χ0) is 23.6. The molecule has 0 radical (unpaired) electrons. The van der Waals surface area contributed by atoms with Crippen molar-refractivity contribution in [1.29, 1.82) is 0 Å². The number of aliphatic carboxylic acids is 2. The predicted octanol–water partition coefficient (Wildman–Crippen LogP) is 8.79. The first-order valence-electron chi connectivity index (χ1n) is 13.0. The fourth-order valence-electron chi connectivity index (χ4n) is 3.35. The van der Waals surface area contributed by atoms with Crippen molar-refractivity contribution in [3.05, 3.63) is 12.2 Å². The zero-order valence-electron chi connectivity index (χ0n) is 20.9. The van der Waals surface area contributed by atoms with Crippen LogP contribution in [-0.2, 0) is 9.59 Å². The highest BCUT2D eigenvalue weighted by Crippen LogP contribution is 2.10. The second-order valence-electron chi connectivity index (χ2n) is 9.11. The zero-order valence-corrected chi connectivity index (χ0v) is 20.9. The molecule has 0 spiro atoms. The van der Waals surface area contributed by atoms with Crippen molar-refractivity contribution < 1.29 is 19.8 Å².